The molecule has 21 heavy (non-hydrogen) atoms. The van der Waals surface area contributed by atoms with Gasteiger partial charge in [-0.25, -0.2) is 0 Å². The summed E-state index contributed by atoms with van der Waals surface area (Å²) >= 11 is 0. The second kappa shape index (κ2) is 9.59. The number of benzene rings is 1. The van der Waals surface area contributed by atoms with Gasteiger partial charge in [-0.2, -0.15) is 0 Å². The third-order valence-electron chi connectivity index (χ3n) is 3.76. The van der Waals surface area contributed by atoms with E-state index in [9.17, 15) is 4.79 Å². The van der Waals surface area contributed by atoms with Gasteiger partial charge in [0.2, 0.25) is 0 Å². The van der Waals surface area contributed by atoms with Crippen LogP contribution in [0.2, 0.25) is 0 Å². The van der Waals surface area contributed by atoms with Gasteiger partial charge in [0.1, 0.15) is 0 Å². The van der Waals surface area contributed by atoms with E-state index in [1.54, 1.807) is 0 Å². The zero-order valence-corrected chi connectivity index (χ0v) is 14.8. The van der Waals surface area contributed by atoms with E-state index in [1.165, 1.54) is 12.0 Å². The standard InChI is InChI=1S/C10H14.C9H18O2/c1-3-9(2)10-7-5-4-6-8-10;1-6-9(4,5)8(10)11-7(2)3/h4-9H,3H2,1-2H3;7H,6H2,1-5H3. The first-order chi connectivity index (χ1) is 9.74. The minimum Gasteiger partial charge on any atom is -0.463 e. The molecule has 2 nitrogen and oxygen atoms in total. The summed E-state index contributed by atoms with van der Waals surface area (Å²) in [4.78, 5) is 11.3. The fourth-order valence-electron chi connectivity index (χ4n) is 1.54. The first-order valence-corrected chi connectivity index (χ1v) is 8.00. The van der Waals surface area contributed by atoms with Crippen LogP contribution in [0, 0.1) is 5.41 Å². The van der Waals surface area contributed by atoms with Crippen LogP contribution in [0.15, 0.2) is 30.3 Å². The van der Waals surface area contributed by atoms with E-state index in [0.717, 1.165) is 6.42 Å². The summed E-state index contributed by atoms with van der Waals surface area (Å²) in [6.45, 7) is 14.0. The molecule has 0 fully saturated rings. The van der Waals surface area contributed by atoms with Crippen LogP contribution in [0.25, 0.3) is 0 Å². The van der Waals surface area contributed by atoms with Crippen molar-refractivity contribution in [2.45, 2.75) is 73.3 Å². The van der Waals surface area contributed by atoms with Crippen molar-refractivity contribution in [2.24, 2.45) is 5.41 Å². The first-order valence-electron chi connectivity index (χ1n) is 8.00. The molecule has 0 bridgehead atoms. The van der Waals surface area contributed by atoms with E-state index in [4.69, 9.17) is 4.74 Å². The highest BCUT2D eigenvalue weighted by molar-refractivity contribution is 5.75. The lowest BCUT2D eigenvalue weighted by Gasteiger charge is -2.21. The molecule has 2 heteroatoms. The van der Waals surface area contributed by atoms with Crippen molar-refractivity contribution >= 4 is 5.97 Å². The maximum Gasteiger partial charge on any atom is 0.311 e. The van der Waals surface area contributed by atoms with Crippen molar-refractivity contribution in [2.75, 3.05) is 0 Å². The van der Waals surface area contributed by atoms with Crippen molar-refractivity contribution in [3.8, 4) is 0 Å². The zero-order chi connectivity index (χ0) is 16.5. The molecule has 1 atom stereocenters. The summed E-state index contributed by atoms with van der Waals surface area (Å²) < 4.78 is 5.07. The fraction of sp³-hybridized carbons (Fsp3) is 0.632. The quantitative estimate of drug-likeness (QED) is 0.663. The Labute approximate surface area is 130 Å². The highest BCUT2D eigenvalue weighted by Crippen LogP contribution is 2.22. The van der Waals surface area contributed by atoms with E-state index in [-0.39, 0.29) is 17.5 Å². The predicted molar refractivity (Wildman–Crippen MR) is 90.4 cm³/mol. The number of hydrogen-bond donors (Lipinski definition) is 0. The van der Waals surface area contributed by atoms with Crippen LogP contribution >= 0.6 is 0 Å². The number of carbonyl (C=O) groups is 1. The van der Waals surface area contributed by atoms with Gasteiger partial charge in [-0.3, -0.25) is 4.79 Å². The topological polar surface area (TPSA) is 26.3 Å². The highest BCUT2D eigenvalue weighted by atomic mass is 16.5. The average Bonchev–Trinajstić information content (AvgIpc) is 2.47. The molecule has 0 heterocycles. The molecule has 0 aromatic heterocycles. The van der Waals surface area contributed by atoms with Crippen LogP contribution in [-0.2, 0) is 9.53 Å². The number of esters is 1. The van der Waals surface area contributed by atoms with Crippen molar-refractivity contribution in [1.82, 2.24) is 0 Å². The molecule has 1 aromatic rings. The maximum absolute atomic E-state index is 11.3. The summed E-state index contributed by atoms with van der Waals surface area (Å²) in [6, 6.07) is 10.6. The third-order valence-corrected chi connectivity index (χ3v) is 3.76. The zero-order valence-electron chi connectivity index (χ0n) is 14.8. The van der Waals surface area contributed by atoms with Crippen LogP contribution in [0.5, 0.6) is 0 Å². The molecule has 0 aliphatic heterocycles. The SMILES string of the molecule is CCC(C)(C)C(=O)OC(C)C.CCC(C)c1ccccc1. The summed E-state index contributed by atoms with van der Waals surface area (Å²) in [5.74, 6) is 0.608. The minimum atomic E-state index is -0.329. The van der Waals surface area contributed by atoms with E-state index >= 15 is 0 Å². The highest BCUT2D eigenvalue weighted by Gasteiger charge is 2.27. The van der Waals surface area contributed by atoms with Crippen LogP contribution in [0.3, 0.4) is 0 Å². The van der Waals surface area contributed by atoms with Gasteiger partial charge in [-0.1, -0.05) is 51.1 Å². The van der Waals surface area contributed by atoms with Gasteiger partial charge >= 0.3 is 5.97 Å². The van der Waals surface area contributed by atoms with E-state index in [1.807, 2.05) is 34.6 Å². The smallest absolute Gasteiger partial charge is 0.311 e. The Morgan fingerprint density at radius 3 is 2.00 bits per heavy atom. The lowest BCUT2D eigenvalue weighted by atomic mass is 9.91. The van der Waals surface area contributed by atoms with Crippen LogP contribution < -0.4 is 0 Å². The van der Waals surface area contributed by atoms with Gasteiger partial charge < -0.3 is 4.74 Å². The maximum atomic E-state index is 11.3. The third kappa shape index (κ3) is 7.89. The van der Waals surface area contributed by atoms with Crippen LogP contribution in [0.4, 0.5) is 0 Å². The Morgan fingerprint density at radius 2 is 1.62 bits per heavy atom. The van der Waals surface area contributed by atoms with Crippen LogP contribution in [0.1, 0.15) is 72.8 Å². The van der Waals surface area contributed by atoms with Crippen LogP contribution in [-0.4, -0.2) is 12.1 Å². The second-order valence-electron chi connectivity index (χ2n) is 6.41. The Kier molecular flexibility index (Phi) is 9.00. The summed E-state index contributed by atoms with van der Waals surface area (Å²) in [7, 11) is 0. The molecule has 1 rings (SSSR count). The van der Waals surface area contributed by atoms with Gasteiger partial charge in [0.25, 0.3) is 0 Å². The van der Waals surface area contributed by atoms with E-state index in [2.05, 4.69) is 44.2 Å². The minimum absolute atomic E-state index is 0.00618. The Morgan fingerprint density at radius 1 is 1.10 bits per heavy atom. The normalized spacial score (nSPS) is 12.4. The summed E-state index contributed by atoms with van der Waals surface area (Å²) in [6.07, 6.45) is 2.04. The van der Waals surface area contributed by atoms with Crippen molar-refractivity contribution in [3.05, 3.63) is 35.9 Å². The number of rotatable bonds is 5. The van der Waals surface area contributed by atoms with Gasteiger partial charge in [-0.05, 0) is 52.0 Å². The average molecular weight is 292 g/mol. The molecule has 0 aliphatic carbocycles. The molecule has 0 spiro atoms. The molecule has 0 radical (unpaired) electrons. The molecular weight excluding hydrogens is 260 g/mol. The molecule has 1 aromatic carbocycles. The van der Waals surface area contributed by atoms with Gasteiger partial charge in [0.15, 0.2) is 0 Å². The molecule has 0 aliphatic rings. The predicted octanol–water partition coefficient (Wildman–Crippen LogP) is 5.57. The second-order valence-corrected chi connectivity index (χ2v) is 6.41. The van der Waals surface area contributed by atoms with Crippen molar-refractivity contribution in [3.63, 3.8) is 0 Å². The summed E-state index contributed by atoms with van der Waals surface area (Å²) in [5.41, 5.74) is 1.12. The lowest BCUT2D eigenvalue weighted by molar-refractivity contribution is -0.158. The van der Waals surface area contributed by atoms with Gasteiger partial charge in [0, 0.05) is 0 Å². The Balaban J connectivity index is 0.000000382. The molecule has 0 amide bonds. The molecule has 0 N–H and O–H groups in total. The number of hydrogen-bond acceptors (Lipinski definition) is 2. The largest absolute Gasteiger partial charge is 0.463 e. The molecular formula is C19H32O2. The van der Waals surface area contributed by atoms with Gasteiger partial charge in [-0.15, -0.1) is 0 Å². The first kappa shape index (κ1) is 19.7. The monoisotopic (exact) mass is 292 g/mol. The number of ether oxygens (including phenoxy) is 1. The molecule has 1 unspecified atom stereocenters. The lowest BCUT2D eigenvalue weighted by Crippen LogP contribution is -2.28. The molecule has 0 saturated heterocycles. The number of carbonyl (C=O) groups excluding carboxylic acids is 1. The Bertz CT molecular complexity index is 393. The fourth-order valence-corrected chi connectivity index (χ4v) is 1.54. The van der Waals surface area contributed by atoms with E-state index in [0.29, 0.717) is 5.92 Å². The van der Waals surface area contributed by atoms with Gasteiger partial charge in [0.05, 0.1) is 11.5 Å². The van der Waals surface area contributed by atoms with Crippen molar-refractivity contribution in [1.29, 1.82) is 0 Å². The Hall–Kier alpha value is -1.31. The summed E-state index contributed by atoms with van der Waals surface area (Å²) in [5, 5.41) is 0. The molecule has 120 valence electrons. The van der Waals surface area contributed by atoms with E-state index < -0.39 is 0 Å². The van der Waals surface area contributed by atoms with Crippen molar-refractivity contribution < 1.29 is 9.53 Å². The molecule has 0 saturated carbocycles.